The first-order valence-electron chi connectivity index (χ1n) is 16.7. The summed E-state index contributed by atoms with van der Waals surface area (Å²) in [4.78, 5) is 15.0. The van der Waals surface area contributed by atoms with Crippen LogP contribution in [0, 0.1) is 11.3 Å². The molecule has 0 spiro atoms. The van der Waals surface area contributed by atoms with Crippen molar-refractivity contribution in [3.63, 3.8) is 0 Å². The van der Waals surface area contributed by atoms with Crippen LogP contribution in [0.2, 0.25) is 0 Å². The minimum Gasteiger partial charge on any atom is -0.456 e. The molecule has 0 radical (unpaired) electrons. The van der Waals surface area contributed by atoms with Crippen LogP contribution in [-0.2, 0) is 0 Å². The molecule has 0 N–H and O–H groups in total. The zero-order valence-electron chi connectivity index (χ0n) is 27.4. The van der Waals surface area contributed by atoms with E-state index in [0.29, 0.717) is 23.0 Å². The van der Waals surface area contributed by atoms with Crippen molar-refractivity contribution in [2.45, 2.75) is 0 Å². The molecular weight excluding hydrogens is 625 g/mol. The first kappa shape index (κ1) is 29.9. The molecule has 0 atom stereocenters. The molecule has 0 fully saturated rings. The lowest BCUT2D eigenvalue weighted by Gasteiger charge is -2.10. The Kier molecular flexibility index (Phi) is 7.46. The highest BCUT2D eigenvalue weighted by Crippen LogP contribution is 2.38. The Labute approximate surface area is 294 Å². The maximum atomic E-state index is 9.42. The normalized spacial score (nSPS) is 11.1. The molecule has 0 bridgehead atoms. The van der Waals surface area contributed by atoms with Crippen molar-refractivity contribution in [1.82, 2.24) is 15.0 Å². The van der Waals surface area contributed by atoms with Gasteiger partial charge in [-0.1, -0.05) is 127 Å². The third-order valence-corrected chi connectivity index (χ3v) is 9.15. The van der Waals surface area contributed by atoms with E-state index in [1.54, 1.807) is 0 Å². The minimum absolute atomic E-state index is 0.564. The van der Waals surface area contributed by atoms with Crippen LogP contribution in [0.15, 0.2) is 174 Å². The van der Waals surface area contributed by atoms with Crippen molar-refractivity contribution in [3.8, 4) is 73.6 Å². The first-order valence-corrected chi connectivity index (χ1v) is 16.7. The van der Waals surface area contributed by atoms with Crippen molar-refractivity contribution >= 4 is 21.9 Å². The summed E-state index contributed by atoms with van der Waals surface area (Å²) in [7, 11) is 0. The number of rotatable bonds is 6. The fourth-order valence-electron chi connectivity index (χ4n) is 6.66. The van der Waals surface area contributed by atoms with Gasteiger partial charge in [-0.05, 0) is 75.8 Å². The fourth-order valence-corrected chi connectivity index (χ4v) is 6.66. The third-order valence-electron chi connectivity index (χ3n) is 9.15. The predicted octanol–water partition coefficient (Wildman–Crippen LogP) is 11.6. The Morgan fingerprint density at radius 2 is 0.902 bits per heavy atom. The molecule has 0 aliphatic heterocycles. The number of furan rings is 1. The zero-order valence-corrected chi connectivity index (χ0v) is 27.4. The maximum absolute atomic E-state index is 9.42. The van der Waals surface area contributed by atoms with Crippen LogP contribution < -0.4 is 0 Å². The SMILES string of the molecule is N#Cc1cccc(-c2cccc(-c3cccc(-c4nc(-c5ccccc5)nc(-c5ccc6c(c5)oc5cccc(-c7ccccc7)c56)n4)c3)c2)c1. The van der Waals surface area contributed by atoms with Crippen molar-refractivity contribution in [2.24, 2.45) is 0 Å². The summed E-state index contributed by atoms with van der Waals surface area (Å²) in [6.07, 6.45) is 0. The number of hydrogen-bond acceptors (Lipinski definition) is 5. The van der Waals surface area contributed by atoms with Gasteiger partial charge in [0.1, 0.15) is 11.2 Å². The molecule has 7 aromatic carbocycles. The molecule has 238 valence electrons. The molecule has 0 unspecified atom stereocenters. The number of aromatic nitrogens is 3. The number of hydrogen-bond donors (Lipinski definition) is 0. The van der Waals surface area contributed by atoms with Gasteiger partial charge in [-0.2, -0.15) is 5.26 Å². The van der Waals surface area contributed by atoms with Crippen LogP contribution in [0.4, 0.5) is 0 Å². The Balaban J connectivity index is 1.15. The summed E-state index contributed by atoms with van der Waals surface area (Å²) in [5.74, 6) is 1.74. The topological polar surface area (TPSA) is 75.6 Å². The predicted molar refractivity (Wildman–Crippen MR) is 204 cm³/mol. The van der Waals surface area contributed by atoms with E-state index >= 15 is 0 Å². The molecular formula is C46H28N4O. The van der Waals surface area contributed by atoms with Gasteiger partial charge in [0.05, 0.1) is 11.6 Å². The summed E-state index contributed by atoms with van der Waals surface area (Å²) >= 11 is 0. The van der Waals surface area contributed by atoms with Gasteiger partial charge in [0, 0.05) is 27.5 Å². The van der Waals surface area contributed by atoms with Gasteiger partial charge in [0.25, 0.3) is 0 Å². The van der Waals surface area contributed by atoms with Gasteiger partial charge in [-0.3, -0.25) is 0 Å². The van der Waals surface area contributed by atoms with E-state index in [1.165, 1.54) is 0 Å². The largest absolute Gasteiger partial charge is 0.456 e. The second-order valence-corrected chi connectivity index (χ2v) is 12.4. The third kappa shape index (κ3) is 5.71. The van der Waals surface area contributed by atoms with Gasteiger partial charge >= 0.3 is 0 Å². The number of nitrogens with zero attached hydrogens (tertiary/aromatic N) is 4. The molecule has 5 heteroatoms. The standard InChI is InChI=1S/C46H28N4O/c47-29-30-11-7-16-33(25-30)34-17-8-18-35(26-34)36-19-9-20-37(27-36)45-48-44(32-14-5-2-6-15-32)49-46(50-45)38-23-24-40-42(28-38)51-41-22-10-21-39(43(40)41)31-12-3-1-4-13-31/h1-28H. The molecule has 0 aliphatic carbocycles. The van der Waals surface area contributed by atoms with Crippen molar-refractivity contribution in [3.05, 3.63) is 175 Å². The lowest BCUT2D eigenvalue weighted by atomic mass is 9.97. The number of nitriles is 1. The minimum atomic E-state index is 0.564. The lowest BCUT2D eigenvalue weighted by Crippen LogP contribution is -2.00. The molecule has 0 saturated heterocycles. The summed E-state index contributed by atoms with van der Waals surface area (Å²) in [6, 6.07) is 59.3. The van der Waals surface area contributed by atoms with Crippen LogP contribution in [-0.4, -0.2) is 15.0 Å². The fraction of sp³-hybridized carbons (Fsp3) is 0. The van der Waals surface area contributed by atoms with E-state index in [9.17, 15) is 5.26 Å². The molecule has 2 aromatic heterocycles. The number of fused-ring (bicyclic) bond motifs is 3. The molecule has 0 saturated carbocycles. The van der Waals surface area contributed by atoms with E-state index in [2.05, 4.69) is 78.9 Å². The number of benzene rings is 7. The second kappa shape index (κ2) is 12.7. The van der Waals surface area contributed by atoms with Gasteiger partial charge in [0.15, 0.2) is 17.5 Å². The van der Waals surface area contributed by atoms with Crippen LogP contribution in [0.25, 0.3) is 89.5 Å². The smallest absolute Gasteiger partial charge is 0.164 e. The van der Waals surface area contributed by atoms with Crippen LogP contribution >= 0.6 is 0 Å². The highest BCUT2D eigenvalue weighted by molar-refractivity contribution is 6.13. The van der Waals surface area contributed by atoms with Gasteiger partial charge in [-0.15, -0.1) is 0 Å². The van der Waals surface area contributed by atoms with Crippen LogP contribution in [0.1, 0.15) is 5.56 Å². The quantitative estimate of drug-likeness (QED) is 0.179. The molecule has 2 heterocycles. The first-order chi connectivity index (χ1) is 25.2. The summed E-state index contributed by atoms with van der Waals surface area (Å²) in [5.41, 5.74) is 11.3. The highest BCUT2D eigenvalue weighted by Gasteiger charge is 2.17. The average molecular weight is 653 g/mol. The molecule has 9 rings (SSSR count). The Hall–Kier alpha value is -7.16. The Morgan fingerprint density at radius 1 is 0.392 bits per heavy atom. The van der Waals surface area contributed by atoms with E-state index in [0.717, 1.165) is 72.0 Å². The molecule has 51 heavy (non-hydrogen) atoms. The molecule has 0 amide bonds. The van der Waals surface area contributed by atoms with E-state index in [1.807, 2.05) is 97.1 Å². The lowest BCUT2D eigenvalue weighted by molar-refractivity contribution is 0.669. The molecule has 9 aromatic rings. The van der Waals surface area contributed by atoms with E-state index < -0.39 is 0 Å². The average Bonchev–Trinajstić information content (AvgIpc) is 3.60. The van der Waals surface area contributed by atoms with Gasteiger partial charge in [0.2, 0.25) is 0 Å². The van der Waals surface area contributed by atoms with Gasteiger partial charge in [-0.25, -0.2) is 15.0 Å². The summed E-state index contributed by atoms with van der Waals surface area (Å²) < 4.78 is 6.44. The van der Waals surface area contributed by atoms with Crippen LogP contribution in [0.5, 0.6) is 0 Å². The second-order valence-electron chi connectivity index (χ2n) is 12.4. The van der Waals surface area contributed by atoms with Crippen LogP contribution in [0.3, 0.4) is 0 Å². The van der Waals surface area contributed by atoms with Crippen molar-refractivity contribution in [1.29, 1.82) is 5.26 Å². The summed E-state index contributed by atoms with van der Waals surface area (Å²) in [5, 5.41) is 11.5. The van der Waals surface area contributed by atoms with Gasteiger partial charge < -0.3 is 4.42 Å². The van der Waals surface area contributed by atoms with Crippen molar-refractivity contribution in [2.75, 3.05) is 0 Å². The Morgan fingerprint density at radius 3 is 1.57 bits per heavy atom. The van der Waals surface area contributed by atoms with E-state index in [4.69, 9.17) is 19.4 Å². The monoisotopic (exact) mass is 652 g/mol. The molecule has 0 aliphatic rings. The maximum Gasteiger partial charge on any atom is 0.164 e. The van der Waals surface area contributed by atoms with E-state index in [-0.39, 0.29) is 0 Å². The molecule has 5 nitrogen and oxygen atoms in total. The Bertz CT molecular complexity index is 2760. The summed E-state index contributed by atoms with van der Waals surface area (Å²) in [6.45, 7) is 0. The highest BCUT2D eigenvalue weighted by atomic mass is 16.3. The van der Waals surface area contributed by atoms with Crippen molar-refractivity contribution < 1.29 is 4.42 Å². The zero-order chi connectivity index (χ0) is 34.1.